The molecule has 1 saturated heterocycles. The predicted octanol–water partition coefficient (Wildman–Crippen LogP) is 3.80. The van der Waals surface area contributed by atoms with E-state index in [1.165, 1.54) is 16.2 Å². The average Bonchev–Trinajstić information content (AvgIpc) is 3.22. The van der Waals surface area contributed by atoms with Gasteiger partial charge in [0.25, 0.3) is 5.91 Å². The molecule has 1 aliphatic heterocycles. The summed E-state index contributed by atoms with van der Waals surface area (Å²) in [6.07, 6.45) is 0.588. The zero-order valence-electron chi connectivity index (χ0n) is 13.9. The van der Waals surface area contributed by atoms with Crippen molar-refractivity contribution in [1.82, 2.24) is 4.90 Å². The van der Waals surface area contributed by atoms with Gasteiger partial charge in [-0.2, -0.15) is 0 Å². The van der Waals surface area contributed by atoms with E-state index in [0.717, 1.165) is 15.6 Å². The van der Waals surface area contributed by atoms with Crippen molar-refractivity contribution >= 4 is 44.8 Å². The van der Waals surface area contributed by atoms with Gasteiger partial charge in [0, 0.05) is 23.2 Å². The van der Waals surface area contributed by atoms with Crippen LogP contribution in [0, 0.1) is 0 Å². The van der Waals surface area contributed by atoms with E-state index in [-0.39, 0.29) is 24.3 Å². The molecule has 26 heavy (non-hydrogen) atoms. The smallest absolute Gasteiger partial charge is 0.265 e. The molecule has 1 N–H and O–H groups in total. The van der Waals surface area contributed by atoms with Crippen LogP contribution in [0.1, 0.15) is 28.1 Å². The molecular weight excluding hydrogens is 348 g/mol. The molecule has 0 bridgehead atoms. The minimum Gasteiger partial charge on any atom is -0.321 e. The highest BCUT2D eigenvalue weighted by Crippen LogP contribution is 2.26. The molecule has 3 aromatic rings. The third kappa shape index (κ3) is 3.23. The number of hydrogen-bond acceptors (Lipinski definition) is 4. The number of carbonyl (C=O) groups is 3. The van der Waals surface area contributed by atoms with Crippen LogP contribution in [0.15, 0.2) is 54.6 Å². The molecule has 1 aliphatic rings. The molecule has 2 aromatic carbocycles. The second-order valence-electron chi connectivity index (χ2n) is 6.17. The van der Waals surface area contributed by atoms with Crippen molar-refractivity contribution < 1.29 is 14.4 Å². The van der Waals surface area contributed by atoms with E-state index in [0.29, 0.717) is 23.4 Å². The number of imide groups is 1. The van der Waals surface area contributed by atoms with E-state index in [9.17, 15) is 14.4 Å². The van der Waals surface area contributed by atoms with Crippen molar-refractivity contribution in [3.05, 3.63) is 65.0 Å². The molecular formula is C20H16N2O3S. The minimum absolute atomic E-state index is 0.128. The molecule has 0 saturated carbocycles. The van der Waals surface area contributed by atoms with Crippen LogP contribution in [0.4, 0.5) is 5.69 Å². The Morgan fingerprint density at radius 2 is 1.69 bits per heavy atom. The number of anilines is 1. The van der Waals surface area contributed by atoms with Gasteiger partial charge >= 0.3 is 0 Å². The standard InChI is InChI=1S/C20H16N2O3S/c23-18-9-10-19(24)22(18)12-13-5-7-15(8-6-13)21-20(25)17-11-14-3-1-2-4-16(14)26-17/h1-8,11H,9-10,12H2,(H,21,25). The molecule has 6 heteroatoms. The Bertz CT molecular complexity index is 958. The summed E-state index contributed by atoms with van der Waals surface area (Å²) in [4.78, 5) is 37.7. The molecule has 0 radical (unpaired) electrons. The van der Waals surface area contributed by atoms with Crippen LogP contribution in [0.5, 0.6) is 0 Å². The molecule has 4 rings (SSSR count). The zero-order valence-corrected chi connectivity index (χ0v) is 14.7. The van der Waals surface area contributed by atoms with Gasteiger partial charge in [0.2, 0.25) is 11.8 Å². The van der Waals surface area contributed by atoms with Gasteiger partial charge in [-0.3, -0.25) is 19.3 Å². The Labute approximate surface area is 154 Å². The summed E-state index contributed by atoms with van der Waals surface area (Å²) < 4.78 is 1.08. The monoisotopic (exact) mass is 364 g/mol. The lowest BCUT2D eigenvalue weighted by atomic mass is 10.2. The summed E-state index contributed by atoms with van der Waals surface area (Å²) in [5, 5.41) is 3.94. The van der Waals surface area contributed by atoms with E-state index in [4.69, 9.17) is 0 Å². The van der Waals surface area contributed by atoms with Crippen molar-refractivity contribution in [2.45, 2.75) is 19.4 Å². The first kappa shape index (κ1) is 16.5. The van der Waals surface area contributed by atoms with E-state index in [1.807, 2.05) is 42.5 Å². The molecule has 1 aromatic heterocycles. The lowest BCUT2D eigenvalue weighted by Crippen LogP contribution is -2.28. The molecule has 0 spiro atoms. The predicted molar refractivity (Wildman–Crippen MR) is 101 cm³/mol. The maximum Gasteiger partial charge on any atom is 0.265 e. The van der Waals surface area contributed by atoms with Crippen LogP contribution >= 0.6 is 11.3 Å². The fraction of sp³-hybridized carbons (Fsp3) is 0.150. The van der Waals surface area contributed by atoms with Crippen LogP contribution in [0.25, 0.3) is 10.1 Å². The van der Waals surface area contributed by atoms with Crippen LogP contribution in [-0.4, -0.2) is 22.6 Å². The molecule has 2 heterocycles. The quantitative estimate of drug-likeness (QED) is 0.716. The lowest BCUT2D eigenvalue weighted by Gasteiger charge is -2.14. The number of hydrogen-bond donors (Lipinski definition) is 1. The Morgan fingerprint density at radius 1 is 1.00 bits per heavy atom. The van der Waals surface area contributed by atoms with Gasteiger partial charge in [0.15, 0.2) is 0 Å². The highest BCUT2D eigenvalue weighted by molar-refractivity contribution is 7.20. The topological polar surface area (TPSA) is 66.5 Å². The molecule has 0 aliphatic carbocycles. The number of amides is 3. The number of nitrogens with zero attached hydrogens (tertiary/aromatic N) is 1. The van der Waals surface area contributed by atoms with Gasteiger partial charge in [-0.25, -0.2) is 0 Å². The normalized spacial score (nSPS) is 14.2. The number of thiophene rings is 1. The summed E-state index contributed by atoms with van der Waals surface area (Å²) in [6, 6.07) is 17.0. The fourth-order valence-corrected chi connectivity index (χ4v) is 3.92. The Hall–Kier alpha value is -2.99. The van der Waals surface area contributed by atoms with E-state index in [1.54, 1.807) is 12.1 Å². The van der Waals surface area contributed by atoms with Crippen LogP contribution in [-0.2, 0) is 16.1 Å². The van der Waals surface area contributed by atoms with Crippen LogP contribution in [0.3, 0.4) is 0 Å². The minimum atomic E-state index is -0.149. The highest BCUT2D eigenvalue weighted by Gasteiger charge is 2.28. The first-order chi connectivity index (χ1) is 12.6. The SMILES string of the molecule is O=C(Nc1ccc(CN2C(=O)CCC2=O)cc1)c1cc2ccccc2s1. The number of carbonyl (C=O) groups excluding carboxylic acids is 3. The summed E-state index contributed by atoms with van der Waals surface area (Å²) in [7, 11) is 0. The van der Waals surface area contributed by atoms with E-state index >= 15 is 0 Å². The van der Waals surface area contributed by atoms with E-state index in [2.05, 4.69) is 5.32 Å². The molecule has 0 atom stereocenters. The molecule has 5 nitrogen and oxygen atoms in total. The summed E-state index contributed by atoms with van der Waals surface area (Å²) >= 11 is 1.46. The number of rotatable bonds is 4. The second kappa shape index (κ2) is 6.72. The first-order valence-electron chi connectivity index (χ1n) is 8.32. The molecule has 0 unspecified atom stereocenters. The number of benzene rings is 2. The van der Waals surface area contributed by atoms with Crippen LogP contribution in [0.2, 0.25) is 0 Å². The van der Waals surface area contributed by atoms with Crippen molar-refractivity contribution in [2.75, 3.05) is 5.32 Å². The van der Waals surface area contributed by atoms with Gasteiger partial charge in [-0.15, -0.1) is 11.3 Å². The Morgan fingerprint density at radius 3 is 2.38 bits per heavy atom. The number of fused-ring (bicyclic) bond motifs is 1. The fourth-order valence-electron chi connectivity index (χ4n) is 2.96. The molecule has 1 fully saturated rings. The summed E-state index contributed by atoms with van der Waals surface area (Å²) in [5.41, 5.74) is 1.53. The third-order valence-corrected chi connectivity index (χ3v) is 5.47. The van der Waals surface area contributed by atoms with E-state index < -0.39 is 0 Å². The van der Waals surface area contributed by atoms with Crippen molar-refractivity contribution in [2.24, 2.45) is 0 Å². The zero-order chi connectivity index (χ0) is 18.1. The van der Waals surface area contributed by atoms with Gasteiger partial charge in [-0.05, 0) is 35.2 Å². The number of likely N-dealkylation sites (tertiary alicyclic amines) is 1. The third-order valence-electron chi connectivity index (χ3n) is 4.36. The maximum absolute atomic E-state index is 12.4. The highest BCUT2D eigenvalue weighted by atomic mass is 32.1. The Kier molecular flexibility index (Phi) is 4.26. The van der Waals surface area contributed by atoms with Gasteiger partial charge in [0.1, 0.15) is 0 Å². The first-order valence-corrected chi connectivity index (χ1v) is 9.14. The van der Waals surface area contributed by atoms with Crippen LogP contribution < -0.4 is 5.32 Å². The van der Waals surface area contributed by atoms with Gasteiger partial charge < -0.3 is 5.32 Å². The molecule has 3 amide bonds. The second-order valence-corrected chi connectivity index (χ2v) is 7.26. The summed E-state index contributed by atoms with van der Waals surface area (Å²) in [6.45, 7) is 0.280. The molecule has 130 valence electrons. The van der Waals surface area contributed by atoms with Crippen molar-refractivity contribution in [1.29, 1.82) is 0 Å². The largest absolute Gasteiger partial charge is 0.321 e. The van der Waals surface area contributed by atoms with Crippen molar-refractivity contribution in [3.63, 3.8) is 0 Å². The average molecular weight is 364 g/mol. The number of nitrogens with one attached hydrogen (secondary N) is 1. The van der Waals surface area contributed by atoms with Gasteiger partial charge in [-0.1, -0.05) is 30.3 Å². The van der Waals surface area contributed by atoms with Crippen molar-refractivity contribution in [3.8, 4) is 0 Å². The lowest BCUT2D eigenvalue weighted by molar-refractivity contribution is -0.139. The Balaban J connectivity index is 1.44. The van der Waals surface area contributed by atoms with Gasteiger partial charge in [0.05, 0.1) is 11.4 Å². The maximum atomic E-state index is 12.4. The summed E-state index contributed by atoms with van der Waals surface area (Å²) in [5.74, 6) is -0.405.